The minimum Gasteiger partial charge on any atom is -0.312 e. The van der Waals surface area contributed by atoms with Gasteiger partial charge in [-0.15, -0.1) is 0 Å². The van der Waals surface area contributed by atoms with Crippen LogP contribution in [-0.2, 0) is 6.54 Å². The highest BCUT2D eigenvalue weighted by molar-refractivity contribution is 5.03. The van der Waals surface area contributed by atoms with E-state index in [0.717, 1.165) is 19.6 Å². The van der Waals surface area contributed by atoms with Gasteiger partial charge in [0.05, 0.1) is 5.69 Å². The summed E-state index contributed by atoms with van der Waals surface area (Å²) >= 11 is 0. The van der Waals surface area contributed by atoms with Crippen LogP contribution in [-0.4, -0.2) is 35.1 Å². The first kappa shape index (κ1) is 18.1. The molecular formula is C18H33N3. The zero-order valence-electron chi connectivity index (χ0n) is 14.4. The van der Waals surface area contributed by atoms with Crippen LogP contribution in [0.3, 0.4) is 0 Å². The molecule has 1 heterocycles. The lowest BCUT2D eigenvalue weighted by atomic mass is 10.1. The van der Waals surface area contributed by atoms with Gasteiger partial charge in [0.25, 0.3) is 0 Å². The number of nitrogens with one attached hydrogen (secondary N) is 1. The molecule has 0 aromatic carbocycles. The zero-order valence-corrected chi connectivity index (χ0v) is 14.4. The third-order valence-electron chi connectivity index (χ3n) is 3.62. The molecule has 1 aromatic rings. The second-order valence-electron chi connectivity index (χ2n) is 6.78. The van der Waals surface area contributed by atoms with Crippen molar-refractivity contribution >= 4 is 0 Å². The van der Waals surface area contributed by atoms with E-state index in [1.165, 1.54) is 37.9 Å². The lowest BCUT2D eigenvalue weighted by Gasteiger charge is -2.21. The summed E-state index contributed by atoms with van der Waals surface area (Å²) in [5.74, 6) is 0. The maximum absolute atomic E-state index is 4.41. The van der Waals surface area contributed by atoms with E-state index in [1.807, 2.05) is 12.3 Å². The molecule has 3 heteroatoms. The Balaban J connectivity index is 2.07. The largest absolute Gasteiger partial charge is 0.312 e. The Bertz CT molecular complexity index is 356. The fourth-order valence-electron chi connectivity index (χ4n) is 2.35. The molecule has 0 aliphatic rings. The van der Waals surface area contributed by atoms with E-state index in [0.29, 0.717) is 0 Å². The lowest BCUT2D eigenvalue weighted by molar-refractivity contribution is 0.269. The molecule has 1 aromatic heterocycles. The van der Waals surface area contributed by atoms with Gasteiger partial charge < -0.3 is 5.32 Å². The maximum Gasteiger partial charge on any atom is 0.0543 e. The van der Waals surface area contributed by atoms with E-state index in [-0.39, 0.29) is 5.54 Å². The molecule has 3 nitrogen and oxygen atoms in total. The topological polar surface area (TPSA) is 28.2 Å². The fourth-order valence-corrected chi connectivity index (χ4v) is 2.35. The van der Waals surface area contributed by atoms with Crippen LogP contribution >= 0.6 is 0 Å². The Kier molecular flexibility index (Phi) is 8.55. The average Bonchev–Trinajstić information content (AvgIpc) is 2.45. The standard InChI is InChI=1S/C18H33N3/c1-5-21(16-17-12-8-10-13-19-17)15-11-7-6-9-14-20-18(2,3)4/h8,10,12-13,20H,5-7,9,11,14-16H2,1-4H3. The highest BCUT2D eigenvalue weighted by Crippen LogP contribution is 2.06. The highest BCUT2D eigenvalue weighted by Gasteiger charge is 2.07. The molecule has 0 aliphatic heterocycles. The fraction of sp³-hybridized carbons (Fsp3) is 0.722. The van der Waals surface area contributed by atoms with Gasteiger partial charge in [0, 0.05) is 18.3 Å². The van der Waals surface area contributed by atoms with Crippen molar-refractivity contribution in [1.82, 2.24) is 15.2 Å². The molecule has 0 bridgehead atoms. The average molecular weight is 291 g/mol. The molecule has 0 saturated heterocycles. The van der Waals surface area contributed by atoms with Gasteiger partial charge in [-0.25, -0.2) is 0 Å². The quantitative estimate of drug-likeness (QED) is 0.664. The summed E-state index contributed by atoms with van der Waals surface area (Å²) in [6, 6.07) is 6.16. The van der Waals surface area contributed by atoms with E-state index in [2.05, 4.69) is 55.0 Å². The molecule has 0 radical (unpaired) electrons. The van der Waals surface area contributed by atoms with Crippen LogP contribution < -0.4 is 5.32 Å². The minimum absolute atomic E-state index is 0.252. The smallest absolute Gasteiger partial charge is 0.0543 e. The second kappa shape index (κ2) is 9.91. The van der Waals surface area contributed by atoms with E-state index in [1.54, 1.807) is 0 Å². The molecule has 21 heavy (non-hydrogen) atoms. The zero-order chi connectivity index (χ0) is 15.6. The Morgan fingerprint density at radius 3 is 2.48 bits per heavy atom. The van der Waals surface area contributed by atoms with Crippen LogP contribution in [0.4, 0.5) is 0 Å². The molecule has 0 atom stereocenters. The third-order valence-corrected chi connectivity index (χ3v) is 3.62. The molecule has 1 rings (SSSR count). The van der Waals surface area contributed by atoms with Crippen LogP contribution in [0.25, 0.3) is 0 Å². The minimum atomic E-state index is 0.252. The predicted molar refractivity (Wildman–Crippen MR) is 91.4 cm³/mol. The molecular weight excluding hydrogens is 258 g/mol. The van der Waals surface area contributed by atoms with Crippen LogP contribution in [0.5, 0.6) is 0 Å². The van der Waals surface area contributed by atoms with Crippen LogP contribution in [0, 0.1) is 0 Å². The van der Waals surface area contributed by atoms with Gasteiger partial charge in [-0.2, -0.15) is 0 Å². The Morgan fingerprint density at radius 1 is 1.10 bits per heavy atom. The van der Waals surface area contributed by atoms with Crippen molar-refractivity contribution in [3.05, 3.63) is 30.1 Å². The maximum atomic E-state index is 4.41. The summed E-state index contributed by atoms with van der Waals surface area (Å²) in [6.45, 7) is 13.3. The monoisotopic (exact) mass is 291 g/mol. The molecule has 120 valence electrons. The molecule has 0 fully saturated rings. The van der Waals surface area contributed by atoms with Crippen molar-refractivity contribution in [1.29, 1.82) is 0 Å². The molecule has 0 spiro atoms. The van der Waals surface area contributed by atoms with Crippen LogP contribution in [0.2, 0.25) is 0 Å². The molecule has 0 unspecified atom stereocenters. The summed E-state index contributed by atoms with van der Waals surface area (Å²) in [7, 11) is 0. The van der Waals surface area contributed by atoms with Crippen molar-refractivity contribution in [2.45, 2.75) is 65.5 Å². The molecule has 1 N–H and O–H groups in total. The first-order valence-corrected chi connectivity index (χ1v) is 8.38. The number of aromatic nitrogens is 1. The van der Waals surface area contributed by atoms with Crippen molar-refractivity contribution < 1.29 is 0 Å². The van der Waals surface area contributed by atoms with Crippen molar-refractivity contribution in [3.8, 4) is 0 Å². The lowest BCUT2D eigenvalue weighted by Crippen LogP contribution is -2.36. The number of hydrogen-bond acceptors (Lipinski definition) is 3. The van der Waals surface area contributed by atoms with Gasteiger partial charge >= 0.3 is 0 Å². The van der Waals surface area contributed by atoms with Gasteiger partial charge in [-0.3, -0.25) is 9.88 Å². The number of hydrogen-bond donors (Lipinski definition) is 1. The van der Waals surface area contributed by atoms with Crippen LogP contribution in [0.1, 0.15) is 59.1 Å². The Labute approximate surface area is 131 Å². The molecule has 0 aliphatic carbocycles. The van der Waals surface area contributed by atoms with Crippen molar-refractivity contribution in [3.63, 3.8) is 0 Å². The predicted octanol–water partition coefficient (Wildman–Crippen LogP) is 3.85. The summed E-state index contributed by atoms with van der Waals surface area (Å²) in [4.78, 5) is 6.89. The number of nitrogens with zero attached hydrogens (tertiary/aromatic N) is 2. The summed E-state index contributed by atoms with van der Waals surface area (Å²) in [5.41, 5.74) is 1.43. The van der Waals surface area contributed by atoms with Gasteiger partial charge in [0.1, 0.15) is 0 Å². The highest BCUT2D eigenvalue weighted by atomic mass is 15.1. The van der Waals surface area contributed by atoms with Crippen molar-refractivity contribution in [2.24, 2.45) is 0 Å². The molecule has 0 amide bonds. The van der Waals surface area contributed by atoms with Gasteiger partial charge in [-0.05, 0) is 65.4 Å². The first-order valence-electron chi connectivity index (χ1n) is 8.38. The second-order valence-corrected chi connectivity index (χ2v) is 6.78. The normalized spacial score (nSPS) is 12.0. The van der Waals surface area contributed by atoms with E-state index < -0.39 is 0 Å². The van der Waals surface area contributed by atoms with E-state index in [4.69, 9.17) is 0 Å². The number of rotatable bonds is 10. The number of pyridine rings is 1. The van der Waals surface area contributed by atoms with Gasteiger partial charge in [-0.1, -0.05) is 25.8 Å². The number of unbranched alkanes of at least 4 members (excludes halogenated alkanes) is 3. The van der Waals surface area contributed by atoms with Crippen LogP contribution in [0.15, 0.2) is 24.4 Å². The van der Waals surface area contributed by atoms with Gasteiger partial charge in [0.15, 0.2) is 0 Å². The third kappa shape index (κ3) is 9.59. The summed E-state index contributed by atoms with van der Waals surface area (Å²) in [6.07, 6.45) is 7.10. The van der Waals surface area contributed by atoms with E-state index in [9.17, 15) is 0 Å². The Morgan fingerprint density at radius 2 is 1.86 bits per heavy atom. The van der Waals surface area contributed by atoms with Crippen molar-refractivity contribution in [2.75, 3.05) is 19.6 Å². The SMILES string of the molecule is CCN(CCCCCCNC(C)(C)C)Cc1ccccn1. The first-order chi connectivity index (χ1) is 10.0. The van der Waals surface area contributed by atoms with Gasteiger partial charge in [0.2, 0.25) is 0 Å². The molecule has 0 saturated carbocycles. The summed E-state index contributed by atoms with van der Waals surface area (Å²) in [5, 5.41) is 3.55. The summed E-state index contributed by atoms with van der Waals surface area (Å²) < 4.78 is 0. The van der Waals surface area contributed by atoms with E-state index >= 15 is 0 Å². The Hall–Kier alpha value is -0.930.